The fourth-order valence-electron chi connectivity index (χ4n) is 4.04. The highest BCUT2D eigenvalue weighted by Crippen LogP contribution is 2.27. The monoisotopic (exact) mass is 363 g/mol. The van der Waals surface area contributed by atoms with Crippen LogP contribution in [0.5, 0.6) is 0 Å². The molecule has 7 nitrogen and oxygen atoms in total. The predicted octanol–water partition coefficient (Wildman–Crippen LogP) is 1.50. The SMILES string of the molecule is CCN(CC)C(=O)[C@@H]1C[C@@H](NC(=O)c2ccoc2)CN1C1CCOCC1. The van der Waals surface area contributed by atoms with Gasteiger partial charge in [0.05, 0.1) is 17.9 Å². The molecule has 2 aliphatic rings. The molecular weight excluding hydrogens is 334 g/mol. The van der Waals surface area contributed by atoms with E-state index in [4.69, 9.17) is 9.15 Å². The molecule has 2 atom stereocenters. The summed E-state index contributed by atoms with van der Waals surface area (Å²) < 4.78 is 10.5. The van der Waals surface area contributed by atoms with Gasteiger partial charge in [-0.25, -0.2) is 0 Å². The lowest BCUT2D eigenvalue weighted by molar-refractivity contribution is -0.137. The lowest BCUT2D eigenvalue weighted by Crippen LogP contribution is -2.50. The zero-order chi connectivity index (χ0) is 18.5. The average molecular weight is 363 g/mol. The molecule has 3 rings (SSSR count). The fourth-order valence-corrected chi connectivity index (χ4v) is 4.04. The molecule has 1 aromatic rings. The predicted molar refractivity (Wildman–Crippen MR) is 96.8 cm³/mol. The summed E-state index contributed by atoms with van der Waals surface area (Å²) in [7, 11) is 0. The van der Waals surface area contributed by atoms with Crippen LogP contribution in [0.2, 0.25) is 0 Å². The number of amides is 2. The van der Waals surface area contributed by atoms with Gasteiger partial charge in [0.2, 0.25) is 5.91 Å². The lowest BCUT2D eigenvalue weighted by Gasteiger charge is -2.36. The normalized spacial score (nSPS) is 24.5. The summed E-state index contributed by atoms with van der Waals surface area (Å²) in [6, 6.07) is 1.78. The molecule has 2 aliphatic heterocycles. The van der Waals surface area contributed by atoms with Gasteiger partial charge in [0.1, 0.15) is 6.26 Å². The third kappa shape index (κ3) is 4.10. The van der Waals surface area contributed by atoms with Crippen molar-refractivity contribution in [2.24, 2.45) is 0 Å². The van der Waals surface area contributed by atoms with Crippen LogP contribution in [-0.4, -0.2) is 72.6 Å². The van der Waals surface area contributed by atoms with Crippen molar-refractivity contribution in [1.82, 2.24) is 15.1 Å². The number of furan rings is 1. The summed E-state index contributed by atoms with van der Waals surface area (Å²) in [5.41, 5.74) is 0.515. The van der Waals surface area contributed by atoms with Crippen LogP contribution in [0, 0.1) is 0 Å². The van der Waals surface area contributed by atoms with E-state index in [0.717, 1.165) is 26.1 Å². The van der Waals surface area contributed by atoms with Crippen LogP contribution < -0.4 is 5.32 Å². The van der Waals surface area contributed by atoms with E-state index in [2.05, 4.69) is 10.2 Å². The Hall–Kier alpha value is -1.86. The maximum Gasteiger partial charge on any atom is 0.254 e. The smallest absolute Gasteiger partial charge is 0.254 e. The van der Waals surface area contributed by atoms with Crippen molar-refractivity contribution in [3.63, 3.8) is 0 Å². The van der Waals surface area contributed by atoms with Crippen molar-refractivity contribution in [2.45, 2.75) is 51.2 Å². The Labute approximate surface area is 154 Å². The average Bonchev–Trinajstić information content (AvgIpc) is 3.33. The highest BCUT2D eigenvalue weighted by molar-refractivity contribution is 5.94. The highest BCUT2D eigenvalue weighted by Gasteiger charge is 2.42. The first-order valence-electron chi connectivity index (χ1n) is 9.59. The van der Waals surface area contributed by atoms with Crippen LogP contribution in [0.15, 0.2) is 23.0 Å². The van der Waals surface area contributed by atoms with Gasteiger partial charge >= 0.3 is 0 Å². The van der Waals surface area contributed by atoms with Crippen molar-refractivity contribution in [3.05, 3.63) is 24.2 Å². The van der Waals surface area contributed by atoms with E-state index in [0.29, 0.717) is 37.7 Å². The number of nitrogens with zero attached hydrogens (tertiary/aromatic N) is 2. The summed E-state index contributed by atoms with van der Waals surface area (Å²) in [4.78, 5) is 29.6. The van der Waals surface area contributed by atoms with Gasteiger partial charge in [0.25, 0.3) is 5.91 Å². The molecule has 0 spiro atoms. The number of carbonyl (C=O) groups is 2. The number of rotatable bonds is 6. The molecule has 0 saturated carbocycles. The van der Waals surface area contributed by atoms with Crippen LogP contribution in [0.3, 0.4) is 0 Å². The molecule has 26 heavy (non-hydrogen) atoms. The molecule has 2 saturated heterocycles. The fraction of sp³-hybridized carbons (Fsp3) is 0.684. The molecule has 0 aliphatic carbocycles. The Kier molecular flexibility index (Phi) is 6.32. The second-order valence-corrected chi connectivity index (χ2v) is 6.98. The first-order chi connectivity index (χ1) is 12.6. The minimum atomic E-state index is -0.173. The third-order valence-corrected chi connectivity index (χ3v) is 5.48. The topological polar surface area (TPSA) is 75.0 Å². The minimum absolute atomic E-state index is 0.0373. The number of likely N-dealkylation sites (N-methyl/N-ethyl adjacent to an activating group) is 1. The van der Waals surface area contributed by atoms with Crippen molar-refractivity contribution >= 4 is 11.8 Å². The first kappa shape index (κ1) is 18.9. The Bertz CT molecular complexity index is 594. The Morgan fingerprint density at radius 3 is 2.62 bits per heavy atom. The zero-order valence-electron chi connectivity index (χ0n) is 15.6. The van der Waals surface area contributed by atoms with Gasteiger partial charge in [-0.3, -0.25) is 14.5 Å². The maximum absolute atomic E-state index is 13.0. The Morgan fingerprint density at radius 2 is 2.00 bits per heavy atom. The summed E-state index contributed by atoms with van der Waals surface area (Å²) >= 11 is 0. The van der Waals surface area contributed by atoms with Gasteiger partial charge in [-0.2, -0.15) is 0 Å². The van der Waals surface area contributed by atoms with E-state index in [9.17, 15) is 9.59 Å². The minimum Gasteiger partial charge on any atom is -0.472 e. The molecule has 0 unspecified atom stereocenters. The second-order valence-electron chi connectivity index (χ2n) is 6.98. The molecule has 0 aromatic carbocycles. The van der Waals surface area contributed by atoms with Gasteiger partial charge in [-0.05, 0) is 39.2 Å². The third-order valence-electron chi connectivity index (χ3n) is 5.48. The lowest BCUT2D eigenvalue weighted by atomic mass is 10.1. The van der Waals surface area contributed by atoms with E-state index >= 15 is 0 Å². The molecule has 0 radical (unpaired) electrons. The van der Waals surface area contributed by atoms with Gasteiger partial charge in [0.15, 0.2) is 0 Å². The van der Waals surface area contributed by atoms with Crippen LogP contribution in [-0.2, 0) is 9.53 Å². The van der Waals surface area contributed by atoms with Crippen LogP contribution >= 0.6 is 0 Å². The molecular formula is C19H29N3O4. The maximum atomic E-state index is 13.0. The van der Waals surface area contributed by atoms with Gasteiger partial charge in [0, 0.05) is 44.9 Å². The molecule has 3 heterocycles. The van der Waals surface area contributed by atoms with Crippen molar-refractivity contribution in [2.75, 3.05) is 32.8 Å². The number of nitrogens with one attached hydrogen (secondary N) is 1. The van der Waals surface area contributed by atoms with Crippen molar-refractivity contribution < 1.29 is 18.7 Å². The first-order valence-corrected chi connectivity index (χ1v) is 9.59. The van der Waals surface area contributed by atoms with E-state index in [1.807, 2.05) is 18.7 Å². The largest absolute Gasteiger partial charge is 0.472 e. The summed E-state index contributed by atoms with van der Waals surface area (Å²) in [5.74, 6) is 0.0215. The summed E-state index contributed by atoms with van der Waals surface area (Å²) in [6.07, 6.45) is 5.45. The molecule has 1 N–H and O–H groups in total. The van der Waals surface area contributed by atoms with E-state index in [1.54, 1.807) is 6.07 Å². The number of hydrogen-bond acceptors (Lipinski definition) is 5. The Morgan fingerprint density at radius 1 is 1.27 bits per heavy atom. The Balaban J connectivity index is 1.71. The highest BCUT2D eigenvalue weighted by atomic mass is 16.5. The molecule has 2 fully saturated rings. The van der Waals surface area contributed by atoms with Crippen molar-refractivity contribution in [3.8, 4) is 0 Å². The molecule has 0 bridgehead atoms. The molecule has 1 aromatic heterocycles. The van der Waals surface area contributed by atoms with E-state index < -0.39 is 0 Å². The standard InChI is InChI=1S/C19H29N3O4/c1-3-21(4-2)19(24)17-11-15(20-18(23)14-5-8-26-13-14)12-22(17)16-6-9-25-10-7-16/h5,8,13,15-17H,3-4,6-7,9-12H2,1-2H3,(H,20,23)/t15-,17+/m1/s1. The molecule has 144 valence electrons. The van der Waals surface area contributed by atoms with Gasteiger partial charge < -0.3 is 19.4 Å². The van der Waals surface area contributed by atoms with Crippen LogP contribution in [0.1, 0.15) is 43.5 Å². The quantitative estimate of drug-likeness (QED) is 0.829. The number of likely N-dealkylation sites (tertiary alicyclic amines) is 1. The second kappa shape index (κ2) is 8.68. The van der Waals surface area contributed by atoms with E-state index in [1.165, 1.54) is 12.5 Å². The van der Waals surface area contributed by atoms with Gasteiger partial charge in [-0.15, -0.1) is 0 Å². The number of hydrogen-bond donors (Lipinski definition) is 1. The number of carbonyl (C=O) groups excluding carboxylic acids is 2. The zero-order valence-corrected chi connectivity index (χ0v) is 15.6. The molecule has 7 heteroatoms. The van der Waals surface area contributed by atoms with E-state index in [-0.39, 0.29) is 23.9 Å². The summed E-state index contributed by atoms with van der Waals surface area (Å²) in [5, 5.41) is 3.07. The van der Waals surface area contributed by atoms with Crippen LogP contribution in [0.25, 0.3) is 0 Å². The van der Waals surface area contributed by atoms with Crippen molar-refractivity contribution in [1.29, 1.82) is 0 Å². The van der Waals surface area contributed by atoms with Crippen LogP contribution in [0.4, 0.5) is 0 Å². The number of ether oxygens (including phenoxy) is 1. The molecule has 2 amide bonds. The van der Waals surface area contributed by atoms with Gasteiger partial charge in [-0.1, -0.05) is 0 Å². The summed E-state index contributed by atoms with van der Waals surface area (Å²) in [6.45, 7) is 7.60.